The molecule has 0 bridgehead atoms. The van der Waals surface area contributed by atoms with E-state index < -0.39 is 0 Å². The molecule has 0 radical (unpaired) electrons. The lowest BCUT2D eigenvalue weighted by Gasteiger charge is -2.30. The smallest absolute Gasteiger partial charge is 0.146 e. The molecule has 1 saturated carbocycles. The van der Waals surface area contributed by atoms with Crippen molar-refractivity contribution in [2.24, 2.45) is 5.73 Å². The van der Waals surface area contributed by atoms with Gasteiger partial charge in [0.05, 0.1) is 5.69 Å². The van der Waals surface area contributed by atoms with Gasteiger partial charge >= 0.3 is 0 Å². The van der Waals surface area contributed by atoms with Gasteiger partial charge in [-0.1, -0.05) is 12.1 Å². The molecule has 1 aromatic carbocycles. The van der Waals surface area contributed by atoms with Crippen molar-refractivity contribution >= 4 is 5.69 Å². The second-order valence-electron chi connectivity index (χ2n) is 4.22. The third-order valence-corrected chi connectivity index (χ3v) is 3.26. The molecule has 1 fully saturated rings. The van der Waals surface area contributed by atoms with E-state index in [1.165, 1.54) is 6.07 Å². The predicted molar refractivity (Wildman–Crippen MR) is 60.4 cm³/mol. The summed E-state index contributed by atoms with van der Waals surface area (Å²) in [6.07, 6.45) is 3.25. The molecule has 2 nitrogen and oxygen atoms in total. The van der Waals surface area contributed by atoms with Crippen LogP contribution in [0.15, 0.2) is 24.3 Å². The van der Waals surface area contributed by atoms with Crippen LogP contribution in [0, 0.1) is 5.82 Å². The number of hydrogen-bond donors (Lipinski definition) is 1. The van der Waals surface area contributed by atoms with Crippen LogP contribution in [0.1, 0.15) is 19.3 Å². The molecule has 0 saturated heterocycles. The average molecular weight is 208 g/mol. The molecule has 0 aromatic heterocycles. The Morgan fingerprint density at radius 2 is 2.07 bits per heavy atom. The average Bonchev–Trinajstić information content (AvgIpc) is 2.64. The Kier molecular flexibility index (Phi) is 2.91. The topological polar surface area (TPSA) is 29.3 Å². The highest BCUT2D eigenvalue weighted by atomic mass is 19.1. The van der Waals surface area contributed by atoms with Gasteiger partial charge in [-0.3, -0.25) is 0 Å². The van der Waals surface area contributed by atoms with Crippen LogP contribution in [0.5, 0.6) is 0 Å². The van der Waals surface area contributed by atoms with Gasteiger partial charge < -0.3 is 10.6 Å². The summed E-state index contributed by atoms with van der Waals surface area (Å²) in [5.41, 5.74) is 6.66. The van der Waals surface area contributed by atoms with Crippen LogP contribution < -0.4 is 10.6 Å². The van der Waals surface area contributed by atoms with E-state index >= 15 is 0 Å². The van der Waals surface area contributed by atoms with E-state index in [9.17, 15) is 4.39 Å². The zero-order valence-corrected chi connectivity index (χ0v) is 8.99. The molecule has 2 atom stereocenters. The van der Waals surface area contributed by atoms with Crippen LogP contribution in [0.3, 0.4) is 0 Å². The maximum absolute atomic E-state index is 13.5. The molecule has 1 aromatic rings. The first-order valence-electron chi connectivity index (χ1n) is 5.43. The lowest BCUT2D eigenvalue weighted by molar-refractivity contribution is 0.554. The molecule has 82 valence electrons. The lowest BCUT2D eigenvalue weighted by atomic mass is 10.1. The minimum absolute atomic E-state index is 0.167. The number of para-hydroxylation sites is 1. The summed E-state index contributed by atoms with van der Waals surface area (Å²) in [5, 5.41) is 0. The minimum Gasteiger partial charge on any atom is -0.368 e. The molecule has 15 heavy (non-hydrogen) atoms. The standard InChI is InChI=1S/C12H17FN2/c1-15(12-8-4-6-10(12)14)11-7-3-2-5-9(11)13/h2-3,5,7,10,12H,4,6,8,14H2,1H3. The fraction of sp³-hybridized carbons (Fsp3) is 0.500. The molecular formula is C12H17FN2. The summed E-state index contributed by atoms with van der Waals surface area (Å²) >= 11 is 0. The van der Waals surface area contributed by atoms with Gasteiger partial charge in [0.1, 0.15) is 5.82 Å². The Bertz CT molecular complexity index is 340. The van der Waals surface area contributed by atoms with Gasteiger partial charge in [0, 0.05) is 19.1 Å². The highest BCUT2D eigenvalue weighted by Gasteiger charge is 2.28. The van der Waals surface area contributed by atoms with Gasteiger partial charge in [0.25, 0.3) is 0 Å². The number of hydrogen-bond acceptors (Lipinski definition) is 2. The zero-order valence-electron chi connectivity index (χ0n) is 8.99. The zero-order chi connectivity index (χ0) is 10.8. The first-order chi connectivity index (χ1) is 7.20. The lowest BCUT2D eigenvalue weighted by Crippen LogP contribution is -2.42. The van der Waals surface area contributed by atoms with Crippen molar-refractivity contribution < 1.29 is 4.39 Å². The highest BCUT2D eigenvalue weighted by Crippen LogP contribution is 2.27. The van der Waals surface area contributed by atoms with Crippen LogP contribution in [0.2, 0.25) is 0 Å². The summed E-state index contributed by atoms with van der Waals surface area (Å²) in [6, 6.07) is 7.32. The maximum Gasteiger partial charge on any atom is 0.146 e. The van der Waals surface area contributed by atoms with Gasteiger partial charge in [-0.2, -0.15) is 0 Å². The fourth-order valence-corrected chi connectivity index (χ4v) is 2.37. The highest BCUT2D eigenvalue weighted by molar-refractivity contribution is 5.48. The van der Waals surface area contributed by atoms with E-state index in [-0.39, 0.29) is 17.9 Å². The van der Waals surface area contributed by atoms with Crippen molar-refractivity contribution in [2.75, 3.05) is 11.9 Å². The van der Waals surface area contributed by atoms with Crippen LogP contribution in [-0.4, -0.2) is 19.1 Å². The van der Waals surface area contributed by atoms with Crippen LogP contribution in [0.4, 0.5) is 10.1 Å². The fourth-order valence-electron chi connectivity index (χ4n) is 2.37. The molecule has 1 aliphatic rings. The second-order valence-corrected chi connectivity index (χ2v) is 4.22. The van der Waals surface area contributed by atoms with Gasteiger partial charge in [-0.25, -0.2) is 4.39 Å². The van der Waals surface area contributed by atoms with Crippen LogP contribution in [-0.2, 0) is 0 Å². The normalized spacial score (nSPS) is 25.5. The summed E-state index contributed by atoms with van der Waals surface area (Å²) in [6.45, 7) is 0. The van der Waals surface area contributed by atoms with Crippen LogP contribution >= 0.6 is 0 Å². The quantitative estimate of drug-likeness (QED) is 0.806. The molecule has 0 amide bonds. The number of benzene rings is 1. The monoisotopic (exact) mass is 208 g/mol. The van der Waals surface area contributed by atoms with Gasteiger partial charge in [-0.05, 0) is 31.4 Å². The van der Waals surface area contributed by atoms with Gasteiger partial charge in [0.2, 0.25) is 0 Å². The van der Waals surface area contributed by atoms with Gasteiger partial charge in [0.15, 0.2) is 0 Å². The maximum atomic E-state index is 13.5. The Morgan fingerprint density at radius 1 is 1.33 bits per heavy atom. The van der Waals surface area contributed by atoms with Crippen molar-refractivity contribution in [3.05, 3.63) is 30.1 Å². The number of nitrogens with two attached hydrogens (primary N) is 1. The number of halogens is 1. The van der Waals surface area contributed by atoms with E-state index in [4.69, 9.17) is 5.73 Å². The predicted octanol–water partition coefficient (Wildman–Crippen LogP) is 2.14. The van der Waals surface area contributed by atoms with Crippen LogP contribution in [0.25, 0.3) is 0 Å². The molecule has 2 N–H and O–H groups in total. The van der Waals surface area contributed by atoms with Crippen molar-refractivity contribution in [2.45, 2.75) is 31.3 Å². The number of anilines is 1. The second kappa shape index (κ2) is 4.19. The van der Waals surface area contributed by atoms with E-state index in [0.29, 0.717) is 5.69 Å². The van der Waals surface area contributed by atoms with E-state index in [0.717, 1.165) is 19.3 Å². The third-order valence-electron chi connectivity index (χ3n) is 3.26. The molecule has 1 aliphatic carbocycles. The Balaban J connectivity index is 2.20. The van der Waals surface area contributed by atoms with E-state index in [2.05, 4.69) is 0 Å². The Hall–Kier alpha value is -1.09. The first kappa shape index (κ1) is 10.4. The van der Waals surface area contributed by atoms with Crippen molar-refractivity contribution in [3.8, 4) is 0 Å². The summed E-state index contributed by atoms with van der Waals surface area (Å²) in [5.74, 6) is -0.167. The van der Waals surface area contributed by atoms with Crippen molar-refractivity contribution in [1.82, 2.24) is 0 Å². The number of rotatable bonds is 2. The molecular weight excluding hydrogens is 191 g/mol. The molecule has 0 heterocycles. The first-order valence-corrected chi connectivity index (χ1v) is 5.43. The molecule has 2 unspecified atom stereocenters. The molecule has 3 heteroatoms. The largest absolute Gasteiger partial charge is 0.368 e. The molecule has 0 spiro atoms. The summed E-state index contributed by atoms with van der Waals surface area (Å²) in [7, 11) is 1.92. The SMILES string of the molecule is CN(c1ccccc1F)C1CCCC1N. The molecule has 2 rings (SSSR count). The van der Waals surface area contributed by atoms with Crippen molar-refractivity contribution in [1.29, 1.82) is 0 Å². The van der Waals surface area contributed by atoms with Crippen molar-refractivity contribution in [3.63, 3.8) is 0 Å². The Morgan fingerprint density at radius 3 is 2.67 bits per heavy atom. The van der Waals surface area contributed by atoms with E-state index in [1.807, 2.05) is 18.0 Å². The number of nitrogens with zero attached hydrogens (tertiary/aromatic N) is 1. The summed E-state index contributed by atoms with van der Waals surface area (Å²) < 4.78 is 13.5. The molecule has 0 aliphatic heterocycles. The summed E-state index contributed by atoms with van der Waals surface area (Å²) in [4.78, 5) is 1.98. The minimum atomic E-state index is -0.167. The Labute approximate surface area is 89.9 Å². The third kappa shape index (κ3) is 1.97. The van der Waals surface area contributed by atoms with E-state index in [1.54, 1.807) is 12.1 Å². The van der Waals surface area contributed by atoms with Gasteiger partial charge in [-0.15, -0.1) is 0 Å². The number of likely N-dealkylation sites (N-methyl/N-ethyl adjacent to an activating group) is 1.